The van der Waals surface area contributed by atoms with Crippen molar-refractivity contribution >= 4 is 11.9 Å². The highest BCUT2D eigenvalue weighted by molar-refractivity contribution is 5.77. The van der Waals surface area contributed by atoms with Crippen molar-refractivity contribution < 1.29 is 14.3 Å². The van der Waals surface area contributed by atoms with Gasteiger partial charge in [0.15, 0.2) is 0 Å². The lowest BCUT2D eigenvalue weighted by molar-refractivity contribution is -0.146. The Labute approximate surface area is 119 Å². The zero-order chi connectivity index (χ0) is 14.4. The zero-order valence-electron chi connectivity index (χ0n) is 11.6. The summed E-state index contributed by atoms with van der Waals surface area (Å²) >= 11 is 0. The molecular weight excluding hydrogens is 254 g/mol. The van der Waals surface area contributed by atoms with Crippen LogP contribution in [0.5, 0.6) is 0 Å². The quantitative estimate of drug-likeness (QED) is 0.839. The fraction of sp³-hybridized carbons (Fsp3) is 0.500. The normalized spacial score (nSPS) is 22.2. The van der Waals surface area contributed by atoms with E-state index < -0.39 is 0 Å². The molecule has 2 atom stereocenters. The van der Waals surface area contributed by atoms with Gasteiger partial charge in [-0.05, 0) is 30.7 Å². The summed E-state index contributed by atoms with van der Waals surface area (Å²) in [4.78, 5) is 23.0. The van der Waals surface area contributed by atoms with Crippen LogP contribution in [0.15, 0.2) is 30.3 Å². The molecule has 4 nitrogen and oxygen atoms in total. The molecule has 1 aliphatic carbocycles. The third-order valence-corrected chi connectivity index (χ3v) is 3.88. The van der Waals surface area contributed by atoms with Gasteiger partial charge < -0.3 is 10.5 Å². The average molecular weight is 275 g/mol. The maximum absolute atomic E-state index is 11.8. The Balaban J connectivity index is 1.75. The minimum absolute atomic E-state index is 0.0735. The summed E-state index contributed by atoms with van der Waals surface area (Å²) in [6.45, 7) is 0.311. The molecule has 0 aliphatic heterocycles. The van der Waals surface area contributed by atoms with Crippen molar-refractivity contribution in [2.24, 2.45) is 17.6 Å². The molecule has 0 radical (unpaired) electrons. The second kappa shape index (κ2) is 7.08. The highest BCUT2D eigenvalue weighted by Crippen LogP contribution is 2.31. The maximum atomic E-state index is 11.8. The second-order valence-electron chi connectivity index (χ2n) is 5.48. The molecule has 1 fully saturated rings. The molecule has 2 N–H and O–H groups in total. The molecule has 1 aliphatic rings. The van der Waals surface area contributed by atoms with Gasteiger partial charge in [0.05, 0.1) is 0 Å². The summed E-state index contributed by atoms with van der Waals surface area (Å²) in [6, 6.07) is 9.62. The minimum Gasteiger partial charge on any atom is -0.461 e. The van der Waals surface area contributed by atoms with Crippen LogP contribution in [0.4, 0.5) is 0 Å². The Morgan fingerprint density at radius 2 is 1.95 bits per heavy atom. The van der Waals surface area contributed by atoms with Crippen molar-refractivity contribution in [1.82, 2.24) is 0 Å². The Kier molecular flexibility index (Phi) is 5.16. The number of nitrogens with two attached hydrogens (primary N) is 1. The lowest BCUT2D eigenvalue weighted by Crippen LogP contribution is -2.29. The van der Waals surface area contributed by atoms with Gasteiger partial charge in [-0.15, -0.1) is 0 Å². The summed E-state index contributed by atoms with van der Waals surface area (Å²) in [6.07, 6.45) is 3.89. The molecule has 2 rings (SSSR count). The number of amides is 1. The fourth-order valence-electron chi connectivity index (χ4n) is 2.77. The molecule has 0 saturated heterocycles. The third-order valence-electron chi connectivity index (χ3n) is 3.88. The Morgan fingerprint density at radius 3 is 2.65 bits per heavy atom. The van der Waals surface area contributed by atoms with E-state index in [9.17, 15) is 9.59 Å². The monoisotopic (exact) mass is 275 g/mol. The lowest BCUT2D eigenvalue weighted by Gasteiger charge is -2.26. The smallest absolute Gasteiger partial charge is 0.306 e. The molecular formula is C16H21NO3. The number of esters is 1. The standard InChI is InChI=1S/C16H21NO3/c17-16(19)14-8-4-7-13(9-14)10-15(18)20-11-12-5-2-1-3-6-12/h1-3,5-6,13-14H,4,7-11H2,(H2,17,19)/t13-,14+/m0/s1. The van der Waals surface area contributed by atoms with Crippen molar-refractivity contribution in [2.45, 2.75) is 38.7 Å². The Bertz CT molecular complexity index is 458. The average Bonchev–Trinajstić information content (AvgIpc) is 2.46. The van der Waals surface area contributed by atoms with Gasteiger partial charge in [0.2, 0.25) is 5.91 Å². The van der Waals surface area contributed by atoms with Crippen LogP contribution in [0.3, 0.4) is 0 Å². The van der Waals surface area contributed by atoms with E-state index in [1.54, 1.807) is 0 Å². The van der Waals surface area contributed by atoms with E-state index in [-0.39, 0.29) is 23.7 Å². The van der Waals surface area contributed by atoms with Gasteiger partial charge in [-0.25, -0.2) is 0 Å². The predicted octanol–water partition coefficient (Wildman–Crippen LogP) is 2.41. The zero-order valence-corrected chi connectivity index (χ0v) is 11.6. The fourth-order valence-corrected chi connectivity index (χ4v) is 2.77. The summed E-state index contributed by atoms with van der Waals surface area (Å²) in [5, 5.41) is 0. The van der Waals surface area contributed by atoms with Crippen LogP contribution in [0.1, 0.15) is 37.7 Å². The molecule has 0 aromatic heterocycles. The van der Waals surface area contributed by atoms with Crippen LogP contribution in [0.2, 0.25) is 0 Å². The molecule has 1 aromatic carbocycles. The van der Waals surface area contributed by atoms with E-state index in [0.717, 1.165) is 31.2 Å². The van der Waals surface area contributed by atoms with Crippen molar-refractivity contribution in [3.05, 3.63) is 35.9 Å². The molecule has 108 valence electrons. The molecule has 0 bridgehead atoms. The van der Waals surface area contributed by atoms with Crippen molar-refractivity contribution in [1.29, 1.82) is 0 Å². The van der Waals surface area contributed by atoms with Gasteiger partial charge in [-0.3, -0.25) is 9.59 Å². The van der Waals surface area contributed by atoms with Crippen LogP contribution in [-0.2, 0) is 20.9 Å². The van der Waals surface area contributed by atoms with E-state index in [1.165, 1.54) is 0 Å². The van der Waals surface area contributed by atoms with Gasteiger partial charge >= 0.3 is 5.97 Å². The Morgan fingerprint density at radius 1 is 1.20 bits per heavy atom. The number of carbonyl (C=O) groups excluding carboxylic acids is 2. The summed E-state index contributed by atoms with van der Waals surface area (Å²) in [5.41, 5.74) is 6.33. The Hall–Kier alpha value is -1.84. The molecule has 4 heteroatoms. The first-order valence-electron chi connectivity index (χ1n) is 7.14. The number of primary amides is 1. The second-order valence-corrected chi connectivity index (χ2v) is 5.48. The topological polar surface area (TPSA) is 69.4 Å². The number of rotatable bonds is 5. The van der Waals surface area contributed by atoms with Crippen molar-refractivity contribution in [3.8, 4) is 0 Å². The summed E-state index contributed by atoms with van der Waals surface area (Å²) < 4.78 is 5.27. The summed E-state index contributed by atoms with van der Waals surface area (Å²) in [7, 11) is 0. The first-order valence-corrected chi connectivity index (χ1v) is 7.14. The van der Waals surface area contributed by atoms with E-state index in [4.69, 9.17) is 10.5 Å². The molecule has 1 amide bonds. The molecule has 0 heterocycles. The molecule has 1 saturated carbocycles. The third kappa shape index (κ3) is 4.37. The first-order chi connectivity index (χ1) is 9.65. The van der Waals surface area contributed by atoms with E-state index >= 15 is 0 Å². The van der Waals surface area contributed by atoms with Gasteiger partial charge in [-0.1, -0.05) is 36.8 Å². The highest BCUT2D eigenvalue weighted by atomic mass is 16.5. The molecule has 0 spiro atoms. The van der Waals surface area contributed by atoms with Crippen LogP contribution in [0.25, 0.3) is 0 Å². The SMILES string of the molecule is NC(=O)[C@@H]1CCC[C@H](CC(=O)OCc2ccccc2)C1. The van der Waals surface area contributed by atoms with Gasteiger partial charge in [0.25, 0.3) is 0 Å². The number of ether oxygens (including phenoxy) is 1. The molecule has 0 unspecified atom stereocenters. The summed E-state index contributed by atoms with van der Waals surface area (Å²) in [5.74, 6) is -0.281. The minimum atomic E-state index is -0.243. The maximum Gasteiger partial charge on any atom is 0.306 e. The van der Waals surface area contributed by atoms with Crippen LogP contribution >= 0.6 is 0 Å². The first kappa shape index (κ1) is 14.6. The van der Waals surface area contributed by atoms with Crippen LogP contribution < -0.4 is 5.73 Å². The lowest BCUT2D eigenvalue weighted by atomic mass is 9.79. The number of hydrogen-bond acceptors (Lipinski definition) is 3. The van der Waals surface area contributed by atoms with E-state index in [1.807, 2.05) is 30.3 Å². The van der Waals surface area contributed by atoms with Gasteiger partial charge in [0.1, 0.15) is 6.61 Å². The molecule has 20 heavy (non-hydrogen) atoms. The largest absolute Gasteiger partial charge is 0.461 e. The van der Waals surface area contributed by atoms with E-state index in [2.05, 4.69) is 0 Å². The van der Waals surface area contributed by atoms with E-state index in [0.29, 0.717) is 13.0 Å². The van der Waals surface area contributed by atoms with Gasteiger partial charge in [-0.2, -0.15) is 0 Å². The number of hydrogen-bond donors (Lipinski definition) is 1. The van der Waals surface area contributed by atoms with Crippen molar-refractivity contribution in [2.75, 3.05) is 0 Å². The number of carbonyl (C=O) groups is 2. The number of benzene rings is 1. The predicted molar refractivity (Wildman–Crippen MR) is 75.5 cm³/mol. The highest BCUT2D eigenvalue weighted by Gasteiger charge is 2.27. The van der Waals surface area contributed by atoms with Crippen molar-refractivity contribution in [3.63, 3.8) is 0 Å². The van der Waals surface area contributed by atoms with Crippen LogP contribution in [0, 0.1) is 11.8 Å². The molecule has 1 aromatic rings. The van der Waals surface area contributed by atoms with Crippen LogP contribution in [-0.4, -0.2) is 11.9 Å². The van der Waals surface area contributed by atoms with Gasteiger partial charge in [0, 0.05) is 12.3 Å².